The highest BCUT2D eigenvalue weighted by Crippen LogP contribution is 2.20. The lowest BCUT2D eigenvalue weighted by Gasteiger charge is -2.00. The maximum absolute atomic E-state index is 5.63. The first-order valence-electron chi connectivity index (χ1n) is 5.44. The molecule has 0 aliphatic carbocycles. The number of fused-ring (bicyclic) bond motifs is 1. The summed E-state index contributed by atoms with van der Waals surface area (Å²) in [5.41, 5.74) is 0.466. The van der Waals surface area contributed by atoms with E-state index in [2.05, 4.69) is 26.1 Å². The Morgan fingerprint density at radius 3 is 2.25 bits per heavy atom. The van der Waals surface area contributed by atoms with Gasteiger partial charge in [-0.1, -0.05) is 55.8 Å². The number of halogens is 1. The van der Waals surface area contributed by atoms with Crippen molar-refractivity contribution in [2.75, 3.05) is 0 Å². The molecule has 0 fully saturated rings. The molecule has 0 aliphatic rings. The third-order valence-electron chi connectivity index (χ3n) is 1.68. The van der Waals surface area contributed by atoms with E-state index in [4.69, 9.17) is 7.85 Å². The van der Waals surface area contributed by atoms with Crippen LogP contribution in [-0.2, 0) is 0 Å². The smallest absolute Gasteiger partial charge is 0.145 e. The monoisotopic (exact) mass is 278 g/mol. The van der Waals surface area contributed by atoms with E-state index in [1.807, 2.05) is 45.9 Å². The van der Waals surface area contributed by atoms with Crippen molar-refractivity contribution in [3.63, 3.8) is 0 Å². The second-order valence-corrected chi connectivity index (χ2v) is 3.29. The van der Waals surface area contributed by atoms with Crippen LogP contribution in [0.25, 0.3) is 10.8 Å². The standard InChI is InChI=1S/C8H4BBrN2.2C2H6/c9-8-5-2-1-3-7(10)6(5)4-11-12-8;2*1-2/h1-4H;2*1-2H3. The van der Waals surface area contributed by atoms with Crippen LogP contribution in [0.2, 0.25) is 0 Å². The fourth-order valence-electron chi connectivity index (χ4n) is 1.09. The topological polar surface area (TPSA) is 25.8 Å². The van der Waals surface area contributed by atoms with Gasteiger partial charge >= 0.3 is 0 Å². The first-order valence-corrected chi connectivity index (χ1v) is 6.24. The van der Waals surface area contributed by atoms with Crippen LogP contribution < -0.4 is 5.59 Å². The summed E-state index contributed by atoms with van der Waals surface area (Å²) in [5, 5.41) is 9.44. The minimum absolute atomic E-state index is 0.466. The summed E-state index contributed by atoms with van der Waals surface area (Å²) in [4.78, 5) is 0. The molecule has 1 aromatic heterocycles. The molecule has 0 aliphatic heterocycles. The molecule has 0 amide bonds. The fourth-order valence-corrected chi connectivity index (χ4v) is 1.56. The zero-order valence-corrected chi connectivity index (χ0v) is 11.7. The molecular formula is C12H16BBrN2. The Kier molecular flexibility index (Phi) is 7.82. The summed E-state index contributed by atoms with van der Waals surface area (Å²) in [6, 6.07) is 5.79. The number of rotatable bonds is 0. The van der Waals surface area contributed by atoms with Crippen molar-refractivity contribution in [3.8, 4) is 0 Å². The van der Waals surface area contributed by atoms with Crippen molar-refractivity contribution in [2.24, 2.45) is 0 Å². The van der Waals surface area contributed by atoms with Crippen molar-refractivity contribution in [1.82, 2.24) is 10.2 Å². The van der Waals surface area contributed by atoms with Crippen molar-refractivity contribution in [2.45, 2.75) is 27.7 Å². The molecule has 0 unspecified atom stereocenters. The van der Waals surface area contributed by atoms with Crippen LogP contribution >= 0.6 is 15.9 Å². The average Bonchev–Trinajstić information content (AvgIpc) is 2.36. The number of aromatic nitrogens is 2. The van der Waals surface area contributed by atoms with Gasteiger partial charge in [0.15, 0.2) is 0 Å². The maximum Gasteiger partial charge on any atom is 0.145 e. The van der Waals surface area contributed by atoms with Crippen molar-refractivity contribution < 1.29 is 0 Å². The van der Waals surface area contributed by atoms with E-state index in [9.17, 15) is 0 Å². The largest absolute Gasteiger partial charge is 0.167 e. The minimum Gasteiger partial charge on any atom is -0.167 e. The lowest BCUT2D eigenvalue weighted by Crippen LogP contribution is -2.10. The van der Waals surface area contributed by atoms with E-state index < -0.39 is 0 Å². The van der Waals surface area contributed by atoms with Gasteiger partial charge < -0.3 is 0 Å². The molecule has 1 aromatic carbocycles. The van der Waals surface area contributed by atoms with Gasteiger partial charge in [0.1, 0.15) is 7.85 Å². The Hall–Kier alpha value is -0.895. The minimum atomic E-state index is 0.466. The van der Waals surface area contributed by atoms with Crippen LogP contribution in [0, 0.1) is 0 Å². The van der Waals surface area contributed by atoms with Gasteiger partial charge in [0, 0.05) is 15.5 Å². The Morgan fingerprint density at radius 1 is 1.06 bits per heavy atom. The third kappa shape index (κ3) is 3.60. The Labute approximate surface area is 107 Å². The van der Waals surface area contributed by atoms with E-state index in [0.717, 1.165) is 15.2 Å². The molecule has 0 saturated carbocycles. The van der Waals surface area contributed by atoms with Crippen LogP contribution in [0.15, 0.2) is 28.9 Å². The lowest BCUT2D eigenvalue weighted by atomic mass is 9.98. The normalized spacial score (nSPS) is 8.56. The molecule has 2 radical (unpaired) electrons. The molecule has 4 heteroatoms. The quantitative estimate of drug-likeness (QED) is 0.692. The molecule has 2 rings (SSSR count). The molecular weight excluding hydrogens is 263 g/mol. The van der Waals surface area contributed by atoms with E-state index in [0.29, 0.717) is 5.59 Å². The van der Waals surface area contributed by atoms with Gasteiger partial charge in [-0.15, -0.1) is 0 Å². The molecule has 0 atom stereocenters. The molecule has 16 heavy (non-hydrogen) atoms. The summed E-state index contributed by atoms with van der Waals surface area (Å²) in [5.74, 6) is 0. The third-order valence-corrected chi connectivity index (χ3v) is 2.37. The maximum atomic E-state index is 5.63. The second-order valence-electron chi connectivity index (χ2n) is 2.43. The van der Waals surface area contributed by atoms with E-state index in [1.165, 1.54) is 0 Å². The zero-order chi connectivity index (χ0) is 12.6. The van der Waals surface area contributed by atoms with Gasteiger partial charge in [-0.05, 0) is 11.5 Å². The number of hydrogen-bond donors (Lipinski definition) is 0. The summed E-state index contributed by atoms with van der Waals surface area (Å²) in [6.07, 6.45) is 1.69. The van der Waals surface area contributed by atoms with E-state index >= 15 is 0 Å². The van der Waals surface area contributed by atoms with Gasteiger partial charge in [-0.25, -0.2) is 0 Å². The highest BCUT2D eigenvalue weighted by atomic mass is 79.9. The molecule has 2 nitrogen and oxygen atoms in total. The molecule has 1 heterocycles. The van der Waals surface area contributed by atoms with Gasteiger partial charge in [-0.3, -0.25) is 0 Å². The van der Waals surface area contributed by atoms with Crippen molar-refractivity contribution in [3.05, 3.63) is 28.9 Å². The number of hydrogen-bond acceptors (Lipinski definition) is 2. The van der Waals surface area contributed by atoms with E-state index in [1.54, 1.807) is 6.20 Å². The number of benzene rings is 1. The van der Waals surface area contributed by atoms with Crippen LogP contribution in [0.1, 0.15) is 27.7 Å². The van der Waals surface area contributed by atoms with E-state index in [-0.39, 0.29) is 0 Å². The van der Waals surface area contributed by atoms with Crippen LogP contribution in [0.3, 0.4) is 0 Å². The average molecular weight is 279 g/mol. The zero-order valence-electron chi connectivity index (χ0n) is 10.2. The summed E-state index contributed by atoms with van der Waals surface area (Å²) in [7, 11) is 5.63. The predicted octanol–water partition coefficient (Wildman–Crippen LogP) is 3.24. The summed E-state index contributed by atoms with van der Waals surface area (Å²) >= 11 is 3.41. The molecule has 0 N–H and O–H groups in total. The Morgan fingerprint density at radius 2 is 1.69 bits per heavy atom. The van der Waals surface area contributed by atoms with Crippen LogP contribution in [0.5, 0.6) is 0 Å². The Bertz CT molecular complexity index is 391. The highest BCUT2D eigenvalue weighted by molar-refractivity contribution is 9.10. The Balaban J connectivity index is 0.000000509. The van der Waals surface area contributed by atoms with Crippen molar-refractivity contribution in [1.29, 1.82) is 0 Å². The SMILES string of the molecule is CC.CC.[B]c1nncc2c(Br)cccc12. The number of nitrogens with zero attached hydrogens (tertiary/aromatic N) is 2. The highest BCUT2D eigenvalue weighted by Gasteiger charge is 1.99. The van der Waals surface area contributed by atoms with Crippen molar-refractivity contribution >= 4 is 40.1 Å². The van der Waals surface area contributed by atoms with Gasteiger partial charge in [0.2, 0.25) is 0 Å². The molecule has 84 valence electrons. The van der Waals surface area contributed by atoms with Gasteiger partial charge in [0.25, 0.3) is 0 Å². The fraction of sp³-hybridized carbons (Fsp3) is 0.333. The second kappa shape index (κ2) is 8.28. The summed E-state index contributed by atoms with van der Waals surface area (Å²) < 4.78 is 0.988. The first-order chi connectivity index (χ1) is 7.79. The molecule has 0 spiro atoms. The first kappa shape index (κ1) is 15.1. The predicted molar refractivity (Wildman–Crippen MR) is 75.3 cm³/mol. The molecule has 2 aromatic rings. The van der Waals surface area contributed by atoms with Crippen LogP contribution in [-0.4, -0.2) is 18.0 Å². The lowest BCUT2D eigenvalue weighted by molar-refractivity contribution is 1.08. The van der Waals surface area contributed by atoms with Gasteiger partial charge in [0.05, 0.1) is 6.20 Å². The van der Waals surface area contributed by atoms with Gasteiger partial charge in [-0.2, -0.15) is 10.2 Å². The molecule has 0 bridgehead atoms. The molecule has 0 saturated heterocycles. The summed E-state index contributed by atoms with van der Waals surface area (Å²) in [6.45, 7) is 8.00. The van der Waals surface area contributed by atoms with Crippen LogP contribution in [0.4, 0.5) is 0 Å².